The van der Waals surface area contributed by atoms with Gasteiger partial charge in [0.1, 0.15) is 12.1 Å². The van der Waals surface area contributed by atoms with Crippen LogP contribution >= 0.6 is 0 Å². The highest BCUT2D eigenvalue weighted by Gasteiger charge is 2.30. The second-order valence-corrected chi connectivity index (χ2v) is 6.73. The fourth-order valence-corrected chi connectivity index (χ4v) is 2.51. The Labute approximate surface area is 163 Å². The van der Waals surface area contributed by atoms with Gasteiger partial charge in [0.2, 0.25) is 17.7 Å². The number of carboxylic acid groups (broad SMARTS) is 1. The summed E-state index contributed by atoms with van der Waals surface area (Å²) in [6.45, 7) is 3.65. The summed E-state index contributed by atoms with van der Waals surface area (Å²) < 4.78 is 0. The Morgan fingerprint density at radius 1 is 1.04 bits per heavy atom. The molecular weight excluding hydrogens is 364 g/mol. The predicted octanol–water partition coefficient (Wildman–Crippen LogP) is -0.468. The smallest absolute Gasteiger partial charge is 0.326 e. The highest BCUT2D eigenvalue weighted by molar-refractivity contribution is 5.94. The van der Waals surface area contributed by atoms with E-state index in [1.165, 1.54) is 0 Å². The van der Waals surface area contributed by atoms with Gasteiger partial charge in [-0.25, -0.2) is 4.79 Å². The van der Waals surface area contributed by atoms with E-state index in [1.54, 1.807) is 37.3 Å². The molecule has 1 rings (SSSR count). The maximum absolute atomic E-state index is 12.5. The van der Waals surface area contributed by atoms with Crippen LogP contribution in [0, 0.1) is 5.92 Å². The first-order valence-corrected chi connectivity index (χ1v) is 9.07. The van der Waals surface area contributed by atoms with Crippen molar-refractivity contribution in [2.24, 2.45) is 17.4 Å². The molecule has 9 nitrogen and oxygen atoms in total. The normalized spacial score (nSPS) is 15.0. The first kappa shape index (κ1) is 23.1. The van der Waals surface area contributed by atoms with Crippen molar-refractivity contribution in [2.45, 2.75) is 51.2 Å². The molecule has 0 spiro atoms. The van der Waals surface area contributed by atoms with E-state index in [2.05, 4.69) is 10.6 Å². The van der Waals surface area contributed by atoms with Crippen molar-refractivity contribution in [1.29, 1.82) is 0 Å². The summed E-state index contributed by atoms with van der Waals surface area (Å²) in [7, 11) is 0. The van der Waals surface area contributed by atoms with Crippen LogP contribution in [-0.4, -0.2) is 46.9 Å². The van der Waals surface area contributed by atoms with E-state index in [1.807, 2.05) is 6.92 Å². The number of nitrogens with two attached hydrogens (primary N) is 2. The average molecular weight is 392 g/mol. The van der Waals surface area contributed by atoms with Crippen molar-refractivity contribution < 1.29 is 24.3 Å². The molecule has 0 radical (unpaired) electrons. The van der Waals surface area contributed by atoms with E-state index in [0.29, 0.717) is 12.0 Å². The molecule has 0 saturated carbocycles. The zero-order valence-electron chi connectivity index (χ0n) is 16.1. The number of rotatable bonds is 11. The third kappa shape index (κ3) is 7.36. The summed E-state index contributed by atoms with van der Waals surface area (Å²) >= 11 is 0. The zero-order valence-corrected chi connectivity index (χ0v) is 16.1. The Morgan fingerprint density at radius 3 is 2.11 bits per heavy atom. The molecule has 0 aliphatic carbocycles. The van der Waals surface area contributed by atoms with E-state index >= 15 is 0 Å². The van der Waals surface area contributed by atoms with Crippen LogP contribution in [0.4, 0.5) is 0 Å². The molecule has 0 heterocycles. The van der Waals surface area contributed by atoms with E-state index in [9.17, 15) is 24.3 Å². The van der Waals surface area contributed by atoms with Crippen molar-refractivity contribution in [1.82, 2.24) is 10.6 Å². The summed E-state index contributed by atoms with van der Waals surface area (Å²) in [5, 5.41) is 14.2. The molecule has 154 valence electrons. The average Bonchev–Trinajstić information content (AvgIpc) is 2.65. The SMILES string of the molecule is CC[C@H](C)[C@H](N)C(=O)N[C@@H](CC(N)=O)C(=O)N[C@@H](Cc1ccccc1)C(=O)O. The summed E-state index contributed by atoms with van der Waals surface area (Å²) in [5.41, 5.74) is 11.7. The summed E-state index contributed by atoms with van der Waals surface area (Å²) in [5.74, 6) is -3.61. The van der Waals surface area contributed by atoms with Gasteiger partial charge in [-0.1, -0.05) is 50.6 Å². The lowest BCUT2D eigenvalue weighted by Crippen LogP contribution is -2.56. The molecule has 28 heavy (non-hydrogen) atoms. The number of carbonyl (C=O) groups excluding carboxylic acids is 3. The molecule has 9 heteroatoms. The quantitative estimate of drug-likeness (QED) is 0.342. The fourth-order valence-electron chi connectivity index (χ4n) is 2.51. The van der Waals surface area contributed by atoms with Crippen molar-refractivity contribution in [2.75, 3.05) is 0 Å². The van der Waals surface area contributed by atoms with Crippen molar-refractivity contribution >= 4 is 23.7 Å². The Balaban J connectivity index is 2.87. The number of benzene rings is 1. The van der Waals surface area contributed by atoms with Crippen molar-refractivity contribution in [3.8, 4) is 0 Å². The highest BCUT2D eigenvalue weighted by atomic mass is 16.4. The van der Waals surface area contributed by atoms with Crippen LogP contribution in [0.25, 0.3) is 0 Å². The molecular formula is C19H28N4O5. The van der Waals surface area contributed by atoms with E-state index < -0.39 is 48.2 Å². The standard InChI is InChI=1S/C19H28N4O5/c1-3-11(2)16(21)18(26)22-13(10-15(20)24)17(25)23-14(19(27)28)9-12-7-5-4-6-8-12/h4-8,11,13-14,16H,3,9-10,21H2,1-2H3,(H2,20,24)(H,22,26)(H,23,25)(H,27,28)/t11-,13-,14-,16-/m0/s1. The Morgan fingerprint density at radius 2 is 1.61 bits per heavy atom. The molecule has 0 aliphatic rings. The maximum atomic E-state index is 12.5. The molecule has 0 aliphatic heterocycles. The number of hydrogen-bond acceptors (Lipinski definition) is 5. The lowest BCUT2D eigenvalue weighted by molar-refractivity contribution is -0.142. The first-order chi connectivity index (χ1) is 13.1. The fraction of sp³-hybridized carbons (Fsp3) is 0.474. The number of carboxylic acids is 1. The van der Waals surface area contributed by atoms with Gasteiger partial charge in [0.25, 0.3) is 0 Å². The lowest BCUT2D eigenvalue weighted by atomic mass is 9.98. The number of nitrogens with one attached hydrogen (secondary N) is 2. The largest absolute Gasteiger partial charge is 0.480 e. The highest BCUT2D eigenvalue weighted by Crippen LogP contribution is 2.07. The number of primary amides is 1. The van der Waals surface area contributed by atoms with E-state index in [-0.39, 0.29) is 12.3 Å². The third-order valence-corrected chi connectivity index (χ3v) is 4.50. The van der Waals surface area contributed by atoms with Gasteiger partial charge in [-0.3, -0.25) is 14.4 Å². The van der Waals surface area contributed by atoms with Crippen LogP contribution in [0.15, 0.2) is 30.3 Å². The molecule has 3 amide bonds. The van der Waals surface area contributed by atoms with Gasteiger partial charge < -0.3 is 27.2 Å². The summed E-state index contributed by atoms with van der Waals surface area (Å²) in [6.07, 6.45) is 0.230. The Hall–Kier alpha value is -2.94. The Kier molecular flexibility index (Phi) is 9.10. The molecule has 7 N–H and O–H groups in total. The van der Waals surface area contributed by atoms with Crippen LogP contribution in [0.5, 0.6) is 0 Å². The summed E-state index contributed by atoms with van der Waals surface area (Å²) in [6, 6.07) is 5.35. The van der Waals surface area contributed by atoms with Crippen molar-refractivity contribution in [3.63, 3.8) is 0 Å². The summed E-state index contributed by atoms with van der Waals surface area (Å²) in [4.78, 5) is 47.6. The van der Waals surface area contributed by atoms with Gasteiger partial charge in [-0.2, -0.15) is 0 Å². The monoisotopic (exact) mass is 392 g/mol. The molecule has 0 aromatic heterocycles. The van der Waals surface area contributed by atoms with Gasteiger partial charge in [0.05, 0.1) is 12.5 Å². The molecule has 0 bridgehead atoms. The van der Waals surface area contributed by atoms with Gasteiger partial charge in [0.15, 0.2) is 0 Å². The molecule has 0 unspecified atom stereocenters. The van der Waals surface area contributed by atoms with Crippen molar-refractivity contribution in [3.05, 3.63) is 35.9 Å². The van der Waals surface area contributed by atoms with Crippen LogP contribution in [0.1, 0.15) is 32.3 Å². The molecule has 0 saturated heterocycles. The van der Waals surface area contributed by atoms with Crippen LogP contribution in [-0.2, 0) is 25.6 Å². The van der Waals surface area contributed by atoms with Crippen LogP contribution < -0.4 is 22.1 Å². The molecule has 4 atom stereocenters. The van der Waals surface area contributed by atoms with Crippen LogP contribution in [0.2, 0.25) is 0 Å². The van der Waals surface area contributed by atoms with Gasteiger partial charge in [-0.15, -0.1) is 0 Å². The van der Waals surface area contributed by atoms with Gasteiger partial charge in [0, 0.05) is 6.42 Å². The number of carbonyl (C=O) groups is 4. The molecule has 1 aromatic rings. The van der Waals surface area contributed by atoms with Gasteiger partial charge >= 0.3 is 5.97 Å². The Bertz CT molecular complexity index is 695. The minimum atomic E-state index is -1.31. The minimum absolute atomic E-state index is 0.0472. The minimum Gasteiger partial charge on any atom is -0.480 e. The van der Waals surface area contributed by atoms with E-state index in [4.69, 9.17) is 11.5 Å². The van der Waals surface area contributed by atoms with Gasteiger partial charge in [-0.05, 0) is 11.5 Å². The first-order valence-electron chi connectivity index (χ1n) is 9.07. The molecule has 0 fully saturated rings. The maximum Gasteiger partial charge on any atom is 0.326 e. The number of aliphatic carboxylic acids is 1. The number of amides is 3. The molecule has 1 aromatic carbocycles. The van der Waals surface area contributed by atoms with Crippen LogP contribution in [0.3, 0.4) is 0 Å². The van der Waals surface area contributed by atoms with E-state index in [0.717, 1.165) is 0 Å². The predicted molar refractivity (Wildman–Crippen MR) is 103 cm³/mol. The lowest BCUT2D eigenvalue weighted by Gasteiger charge is -2.24. The zero-order chi connectivity index (χ0) is 21.3. The topological polar surface area (TPSA) is 165 Å². The second-order valence-electron chi connectivity index (χ2n) is 6.73. The second kappa shape index (κ2) is 11.0. The third-order valence-electron chi connectivity index (χ3n) is 4.50. The number of hydrogen-bond donors (Lipinski definition) is 5.